The fraction of sp³-hybridized carbons (Fsp3) is 0.0588. The monoisotopic (exact) mass is 355 g/mol. The number of non-ortho nitro benzene ring substituents is 1. The zero-order valence-corrected chi connectivity index (χ0v) is 14.0. The quantitative estimate of drug-likeness (QED) is 0.422. The van der Waals surface area contributed by atoms with Crippen LogP contribution in [0, 0.1) is 17.0 Å². The smallest absolute Gasteiger partial charge is 0.269 e. The van der Waals surface area contributed by atoms with Crippen LogP contribution in [0.5, 0.6) is 0 Å². The molecule has 0 bridgehead atoms. The molecule has 0 aliphatic heterocycles. The molecule has 8 heteroatoms. The van der Waals surface area contributed by atoms with Gasteiger partial charge in [0.15, 0.2) is 0 Å². The lowest BCUT2D eigenvalue weighted by Gasteiger charge is -2.02. The van der Waals surface area contributed by atoms with Crippen molar-refractivity contribution in [2.45, 2.75) is 6.92 Å². The molecule has 0 radical (unpaired) electrons. The number of aryl methyl sites for hydroxylation is 1. The van der Waals surface area contributed by atoms with Crippen LogP contribution in [0.15, 0.2) is 59.7 Å². The number of aromatic nitrogens is 2. The van der Waals surface area contributed by atoms with E-state index >= 15 is 0 Å². The average molecular weight is 356 g/mol. The van der Waals surface area contributed by atoms with Crippen LogP contribution in [-0.4, -0.2) is 20.9 Å². The highest BCUT2D eigenvalue weighted by atomic mass is 35.5. The minimum atomic E-state index is -0.450. The van der Waals surface area contributed by atoms with Gasteiger partial charge in [0, 0.05) is 12.1 Å². The summed E-state index contributed by atoms with van der Waals surface area (Å²) < 4.78 is 1.64. The zero-order valence-electron chi connectivity index (χ0n) is 13.3. The number of nitrogens with one attached hydrogen (secondary N) is 1. The molecule has 0 spiro atoms. The maximum atomic E-state index is 10.6. The maximum absolute atomic E-state index is 10.6. The topological polar surface area (TPSA) is 85.3 Å². The summed E-state index contributed by atoms with van der Waals surface area (Å²) in [5, 5.41) is 19.7. The second kappa shape index (κ2) is 7.14. The molecule has 1 aromatic heterocycles. The largest absolute Gasteiger partial charge is 0.278 e. The van der Waals surface area contributed by atoms with Crippen molar-refractivity contribution in [1.29, 1.82) is 0 Å². The molecule has 0 unspecified atom stereocenters. The molecule has 1 heterocycles. The fourth-order valence-corrected chi connectivity index (χ4v) is 2.55. The van der Waals surface area contributed by atoms with Gasteiger partial charge in [0.1, 0.15) is 5.15 Å². The lowest BCUT2D eigenvalue weighted by molar-refractivity contribution is -0.384. The minimum Gasteiger partial charge on any atom is -0.278 e. The third-order valence-electron chi connectivity index (χ3n) is 3.51. The maximum Gasteiger partial charge on any atom is 0.269 e. The fourth-order valence-electron chi connectivity index (χ4n) is 2.23. The van der Waals surface area contributed by atoms with Crippen LogP contribution in [0.4, 0.5) is 11.4 Å². The highest BCUT2D eigenvalue weighted by molar-refractivity contribution is 6.32. The van der Waals surface area contributed by atoms with Crippen LogP contribution >= 0.6 is 11.6 Å². The number of anilines is 1. The van der Waals surface area contributed by atoms with E-state index in [0.717, 1.165) is 11.4 Å². The summed E-state index contributed by atoms with van der Waals surface area (Å²) >= 11 is 6.41. The Labute approximate surface area is 148 Å². The normalized spacial score (nSPS) is 11.0. The Morgan fingerprint density at radius 3 is 2.52 bits per heavy atom. The van der Waals surface area contributed by atoms with E-state index in [1.807, 2.05) is 37.3 Å². The first kappa shape index (κ1) is 16.7. The van der Waals surface area contributed by atoms with Gasteiger partial charge in [-0.2, -0.15) is 10.2 Å². The van der Waals surface area contributed by atoms with Crippen molar-refractivity contribution in [3.05, 3.63) is 81.1 Å². The third kappa shape index (κ3) is 3.67. The second-order valence-electron chi connectivity index (χ2n) is 5.21. The number of nitrogens with zero attached hydrogens (tertiary/aromatic N) is 4. The summed E-state index contributed by atoms with van der Waals surface area (Å²) in [5.74, 6) is 0. The molecule has 0 saturated carbocycles. The summed E-state index contributed by atoms with van der Waals surface area (Å²) in [4.78, 5) is 10.2. The van der Waals surface area contributed by atoms with Gasteiger partial charge in [-0.25, -0.2) is 4.68 Å². The molecule has 3 rings (SSSR count). The molecule has 0 fully saturated rings. The minimum absolute atomic E-state index is 0.0255. The van der Waals surface area contributed by atoms with E-state index in [1.54, 1.807) is 23.0 Å². The van der Waals surface area contributed by atoms with E-state index in [4.69, 9.17) is 11.6 Å². The van der Waals surface area contributed by atoms with Crippen molar-refractivity contribution < 1.29 is 4.92 Å². The van der Waals surface area contributed by atoms with Gasteiger partial charge in [-0.3, -0.25) is 15.5 Å². The van der Waals surface area contributed by atoms with Gasteiger partial charge in [-0.05, 0) is 31.2 Å². The van der Waals surface area contributed by atoms with Gasteiger partial charge < -0.3 is 0 Å². The Bertz CT molecular complexity index is 920. The predicted octanol–water partition coefficient (Wildman–Crippen LogP) is 4.19. The SMILES string of the molecule is Cc1nn(-c2ccccc2)c(Cl)c1C=NNc1ccc([N+](=O)[O-])cc1. The molecule has 25 heavy (non-hydrogen) atoms. The molecule has 0 aliphatic rings. The summed E-state index contributed by atoms with van der Waals surface area (Å²) in [6.07, 6.45) is 1.57. The number of hydrazone groups is 1. The molecule has 1 N–H and O–H groups in total. The Balaban J connectivity index is 1.78. The van der Waals surface area contributed by atoms with Gasteiger partial charge in [-0.1, -0.05) is 29.8 Å². The summed E-state index contributed by atoms with van der Waals surface area (Å²) in [6, 6.07) is 15.5. The Morgan fingerprint density at radius 1 is 1.20 bits per heavy atom. The van der Waals surface area contributed by atoms with E-state index in [0.29, 0.717) is 16.4 Å². The molecule has 3 aromatic rings. The van der Waals surface area contributed by atoms with Crippen molar-refractivity contribution in [3.63, 3.8) is 0 Å². The van der Waals surface area contributed by atoms with Crippen molar-refractivity contribution in [2.75, 3.05) is 5.43 Å². The van der Waals surface area contributed by atoms with Crippen LogP contribution in [0.25, 0.3) is 5.69 Å². The van der Waals surface area contributed by atoms with Gasteiger partial charge in [0.25, 0.3) is 5.69 Å². The van der Waals surface area contributed by atoms with Crippen LogP contribution in [0.3, 0.4) is 0 Å². The third-order valence-corrected chi connectivity index (χ3v) is 3.88. The van der Waals surface area contributed by atoms with E-state index in [9.17, 15) is 10.1 Å². The first-order valence-corrected chi connectivity index (χ1v) is 7.78. The number of rotatable bonds is 5. The Hall–Kier alpha value is -3.19. The van der Waals surface area contributed by atoms with Crippen LogP contribution in [0.1, 0.15) is 11.3 Å². The van der Waals surface area contributed by atoms with Crippen LogP contribution in [-0.2, 0) is 0 Å². The number of nitro benzene ring substituents is 1. The van der Waals surface area contributed by atoms with Crippen LogP contribution in [0.2, 0.25) is 5.15 Å². The lowest BCUT2D eigenvalue weighted by Crippen LogP contribution is -1.96. The number of hydrogen-bond donors (Lipinski definition) is 1. The van der Waals surface area contributed by atoms with E-state index in [-0.39, 0.29) is 5.69 Å². The highest BCUT2D eigenvalue weighted by Gasteiger charge is 2.12. The number of halogens is 1. The molecule has 0 aliphatic carbocycles. The van der Waals surface area contributed by atoms with Gasteiger partial charge in [0.2, 0.25) is 0 Å². The van der Waals surface area contributed by atoms with Crippen LogP contribution < -0.4 is 5.43 Å². The van der Waals surface area contributed by atoms with Crippen molar-refractivity contribution in [3.8, 4) is 5.69 Å². The first-order chi connectivity index (χ1) is 12.1. The van der Waals surface area contributed by atoms with Gasteiger partial charge in [-0.15, -0.1) is 0 Å². The molecular formula is C17H14ClN5O2. The first-order valence-electron chi connectivity index (χ1n) is 7.40. The standard InChI is InChI=1S/C17H14ClN5O2/c1-12-16(17(18)22(21-12)14-5-3-2-4-6-14)11-19-20-13-7-9-15(10-8-13)23(24)25/h2-11,20H,1H3. The van der Waals surface area contributed by atoms with Crippen molar-refractivity contribution in [2.24, 2.45) is 5.10 Å². The number of nitro groups is 1. The second-order valence-corrected chi connectivity index (χ2v) is 5.57. The molecule has 7 nitrogen and oxygen atoms in total. The lowest BCUT2D eigenvalue weighted by atomic mass is 10.3. The van der Waals surface area contributed by atoms with Gasteiger partial charge >= 0.3 is 0 Å². The molecule has 0 saturated heterocycles. The Kier molecular flexibility index (Phi) is 4.76. The average Bonchev–Trinajstić information content (AvgIpc) is 2.91. The van der Waals surface area contributed by atoms with E-state index < -0.39 is 4.92 Å². The summed E-state index contributed by atoms with van der Waals surface area (Å²) in [5.41, 5.74) is 5.76. The van der Waals surface area contributed by atoms with Crippen molar-refractivity contribution >= 4 is 29.2 Å². The summed E-state index contributed by atoms with van der Waals surface area (Å²) in [6.45, 7) is 1.85. The summed E-state index contributed by atoms with van der Waals surface area (Å²) in [7, 11) is 0. The zero-order chi connectivity index (χ0) is 17.8. The molecule has 0 amide bonds. The number of hydrogen-bond acceptors (Lipinski definition) is 5. The Morgan fingerprint density at radius 2 is 1.88 bits per heavy atom. The molecule has 126 valence electrons. The molecular weight excluding hydrogens is 342 g/mol. The number of benzene rings is 2. The van der Waals surface area contributed by atoms with Crippen molar-refractivity contribution in [1.82, 2.24) is 9.78 Å². The van der Waals surface area contributed by atoms with Gasteiger partial charge in [0.05, 0.1) is 33.8 Å². The number of para-hydroxylation sites is 1. The highest BCUT2D eigenvalue weighted by Crippen LogP contribution is 2.22. The molecule has 2 aromatic carbocycles. The van der Waals surface area contributed by atoms with E-state index in [1.165, 1.54) is 12.1 Å². The predicted molar refractivity (Wildman–Crippen MR) is 97.6 cm³/mol. The van der Waals surface area contributed by atoms with E-state index in [2.05, 4.69) is 15.6 Å². The molecule has 0 atom stereocenters.